The summed E-state index contributed by atoms with van der Waals surface area (Å²) in [6.07, 6.45) is 8.39. The first kappa shape index (κ1) is 21.6. The number of carboxylic acids is 2. The fraction of sp³-hybridized carbons (Fsp3) is 0.733. The molecule has 0 heterocycles. The molecular formula is C15H26O7S. The Morgan fingerprint density at radius 3 is 2.04 bits per heavy atom. The number of aliphatic carboxylic acids is 2. The Bertz CT molecular complexity index is 510. The van der Waals surface area contributed by atoms with Crippen LogP contribution in [0.4, 0.5) is 0 Å². The highest BCUT2D eigenvalue weighted by atomic mass is 32.2. The van der Waals surface area contributed by atoms with E-state index in [1.165, 1.54) is 18.9 Å². The van der Waals surface area contributed by atoms with Crippen molar-refractivity contribution in [1.29, 1.82) is 0 Å². The SMILES string of the molecule is CCCCCCCCC=CCC(CC(=O)O)(C(=O)O)S(=O)(=O)O. The molecule has 3 N–H and O–H groups in total. The van der Waals surface area contributed by atoms with E-state index in [1.54, 1.807) is 6.08 Å². The van der Waals surface area contributed by atoms with Crippen LogP contribution in [0.5, 0.6) is 0 Å². The summed E-state index contributed by atoms with van der Waals surface area (Å²) < 4.78 is 29.2. The molecule has 0 aromatic heterocycles. The summed E-state index contributed by atoms with van der Waals surface area (Å²) in [5.41, 5.74) is 0. The molecule has 0 rings (SSSR count). The lowest BCUT2D eigenvalue weighted by Crippen LogP contribution is -2.47. The molecule has 23 heavy (non-hydrogen) atoms. The van der Waals surface area contributed by atoms with Gasteiger partial charge in [0.05, 0.1) is 6.42 Å². The highest BCUT2D eigenvalue weighted by Crippen LogP contribution is 2.27. The van der Waals surface area contributed by atoms with E-state index in [0.717, 1.165) is 25.7 Å². The van der Waals surface area contributed by atoms with Gasteiger partial charge in [0.15, 0.2) is 0 Å². The number of unbranched alkanes of at least 4 members (excludes halogenated alkanes) is 6. The minimum Gasteiger partial charge on any atom is -0.481 e. The van der Waals surface area contributed by atoms with Crippen molar-refractivity contribution in [3.8, 4) is 0 Å². The molecule has 0 aromatic carbocycles. The van der Waals surface area contributed by atoms with Crippen LogP contribution in [-0.4, -0.2) is 39.9 Å². The Balaban J connectivity index is 4.60. The quantitative estimate of drug-likeness (QED) is 0.264. The molecule has 0 fully saturated rings. The van der Waals surface area contributed by atoms with Gasteiger partial charge >= 0.3 is 11.9 Å². The third-order valence-electron chi connectivity index (χ3n) is 3.66. The topological polar surface area (TPSA) is 129 Å². The Morgan fingerprint density at radius 1 is 1.00 bits per heavy atom. The molecule has 0 saturated heterocycles. The number of hydrogen-bond acceptors (Lipinski definition) is 4. The van der Waals surface area contributed by atoms with Crippen LogP contribution in [0.3, 0.4) is 0 Å². The third-order valence-corrected chi connectivity index (χ3v) is 5.13. The first-order valence-corrected chi connectivity index (χ1v) is 9.18. The van der Waals surface area contributed by atoms with Gasteiger partial charge < -0.3 is 10.2 Å². The molecule has 0 aliphatic rings. The molecule has 8 heteroatoms. The molecule has 0 amide bonds. The maximum atomic E-state index is 11.4. The van der Waals surface area contributed by atoms with E-state index in [1.807, 2.05) is 0 Å². The summed E-state index contributed by atoms with van der Waals surface area (Å²) in [7, 11) is -5.06. The van der Waals surface area contributed by atoms with Gasteiger partial charge in [0.1, 0.15) is 0 Å². The minimum absolute atomic E-state index is 0.580. The van der Waals surface area contributed by atoms with Gasteiger partial charge in [-0.3, -0.25) is 14.1 Å². The van der Waals surface area contributed by atoms with Crippen LogP contribution in [0, 0.1) is 0 Å². The zero-order valence-corrected chi connectivity index (χ0v) is 14.2. The standard InChI is InChI=1S/C15H26O7S/c1-2-3-4-5-6-7-8-9-10-11-15(14(18)19,12-13(16)17)23(20,21)22/h9-10H,2-8,11-12H2,1H3,(H,16,17)(H,18,19)(H,20,21,22). The second-order valence-corrected chi connectivity index (χ2v) is 7.31. The fourth-order valence-corrected chi connectivity index (χ4v) is 3.05. The normalized spacial score (nSPS) is 14.7. The highest BCUT2D eigenvalue weighted by Gasteiger charge is 2.51. The van der Waals surface area contributed by atoms with E-state index in [-0.39, 0.29) is 0 Å². The summed E-state index contributed by atoms with van der Waals surface area (Å²) >= 11 is 0. The summed E-state index contributed by atoms with van der Waals surface area (Å²) in [6, 6.07) is 0. The van der Waals surface area contributed by atoms with Crippen LogP contribution in [-0.2, 0) is 19.7 Å². The Morgan fingerprint density at radius 2 is 1.57 bits per heavy atom. The minimum atomic E-state index is -5.06. The summed E-state index contributed by atoms with van der Waals surface area (Å²) in [6.45, 7) is 2.13. The Hall–Kier alpha value is -1.41. The molecule has 0 aromatic rings. The Labute approximate surface area is 137 Å². The van der Waals surface area contributed by atoms with Crippen molar-refractivity contribution < 1.29 is 32.8 Å². The molecule has 0 bridgehead atoms. The molecule has 0 saturated carbocycles. The third kappa shape index (κ3) is 7.60. The average molecular weight is 350 g/mol. The van der Waals surface area contributed by atoms with Gasteiger partial charge in [-0.15, -0.1) is 0 Å². The summed E-state index contributed by atoms with van der Waals surface area (Å²) in [4.78, 5) is 22.0. The van der Waals surface area contributed by atoms with Crippen LogP contribution in [0.25, 0.3) is 0 Å². The number of hydrogen-bond donors (Lipinski definition) is 3. The van der Waals surface area contributed by atoms with E-state index in [0.29, 0.717) is 6.42 Å². The number of rotatable bonds is 13. The zero-order chi connectivity index (χ0) is 17.9. The van der Waals surface area contributed by atoms with Gasteiger partial charge in [-0.05, 0) is 19.3 Å². The van der Waals surface area contributed by atoms with Crippen molar-refractivity contribution in [2.45, 2.75) is 69.5 Å². The maximum absolute atomic E-state index is 11.4. The molecule has 1 unspecified atom stereocenters. The van der Waals surface area contributed by atoms with Crippen LogP contribution in [0.15, 0.2) is 12.2 Å². The van der Waals surface area contributed by atoms with Crippen molar-refractivity contribution in [3.63, 3.8) is 0 Å². The smallest absolute Gasteiger partial charge is 0.328 e. The van der Waals surface area contributed by atoms with E-state index in [9.17, 15) is 18.0 Å². The first-order valence-electron chi connectivity index (χ1n) is 7.74. The lowest BCUT2D eigenvalue weighted by molar-refractivity contribution is -0.146. The molecule has 0 aliphatic carbocycles. The lowest BCUT2D eigenvalue weighted by Gasteiger charge is -2.22. The monoisotopic (exact) mass is 350 g/mol. The largest absolute Gasteiger partial charge is 0.481 e. The highest BCUT2D eigenvalue weighted by molar-refractivity contribution is 7.88. The van der Waals surface area contributed by atoms with Crippen molar-refractivity contribution in [3.05, 3.63) is 12.2 Å². The molecule has 134 valence electrons. The van der Waals surface area contributed by atoms with Gasteiger partial charge in [-0.2, -0.15) is 8.42 Å². The second-order valence-electron chi connectivity index (χ2n) is 5.58. The van der Waals surface area contributed by atoms with Crippen LogP contribution in [0.2, 0.25) is 0 Å². The molecular weight excluding hydrogens is 324 g/mol. The molecule has 7 nitrogen and oxygen atoms in total. The average Bonchev–Trinajstić information content (AvgIpc) is 2.42. The predicted molar refractivity (Wildman–Crippen MR) is 85.9 cm³/mol. The molecule has 0 radical (unpaired) electrons. The van der Waals surface area contributed by atoms with Crippen molar-refractivity contribution >= 4 is 22.1 Å². The molecule has 0 spiro atoms. The summed E-state index contributed by atoms with van der Waals surface area (Å²) in [5, 5.41) is 17.8. The van der Waals surface area contributed by atoms with Gasteiger partial charge in [-0.1, -0.05) is 51.2 Å². The van der Waals surface area contributed by atoms with Crippen LogP contribution >= 0.6 is 0 Å². The van der Waals surface area contributed by atoms with E-state index >= 15 is 0 Å². The zero-order valence-electron chi connectivity index (χ0n) is 13.4. The summed E-state index contributed by atoms with van der Waals surface area (Å²) in [5.74, 6) is -3.47. The fourth-order valence-electron chi connectivity index (χ4n) is 2.22. The molecule has 0 aliphatic heterocycles. The predicted octanol–water partition coefficient (Wildman–Crippen LogP) is 2.87. The maximum Gasteiger partial charge on any atom is 0.328 e. The van der Waals surface area contributed by atoms with Gasteiger partial charge in [-0.25, -0.2) is 0 Å². The van der Waals surface area contributed by atoms with Gasteiger partial charge in [0.25, 0.3) is 10.1 Å². The van der Waals surface area contributed by atoms with E-state index in [2.05, 4.69) is 6.92 Å². The van der Waals surface area contributed by atoms with Crippen LogP contribution in [0.1, 0.15) is 64.7 Å². The first-order chi connectivity index (χ1) is 10.7. The molecule has 1 atom stereocenters. The number of allylic oxidation sites excluding steroid dienone is 2. The second kappa shape index (κ2) is 10.4. The van der Waals surface area contributed by atoms with E-state index in [4.69, 9.17) is 14.8 Å². The van der Waals surface area contributed by atoms with Gasteiger partial charge in [0, 0.05) is 0 Å². The van der Waals surface area contributed by atoms with Crippen molar-refractivity contribution in [2.75, 3.05) is 0 Å². The lowest BCUT2D eigenvalue weighted by atomic mass is 9.99. The van der Waals surface area contributed by atoms with E-state index < -0.39 is 39.6 Å². The van der Waals surface area contributed by atoms with Crippen molar-refractivity contribution in [2.24, 2.45) is 0 Å². The van der Waals surface area contributed by atoms with Crippen LogP contribution < -0.4 is 0 Å². The van der Waals surface area contributed by atoms with Gasteiger partial charge in [0.2, 0.25) is 4.75 Å². The Kier molecular flexibility index (Phi) is 9.74. The number of carbonyl (C=O) groups is 2. The van der Waals surface area contributed by atoms with Crippen molar-refractivity contribution in [1.82, 2.24) is 0 Å². The number of carboxylic acid groups (broad SMARTS) is 2.